The summed E-state index contributed by atoms with van der Waals surface area (Å²) in [4.78, 5) is 9.76. The van der Waals surface area contributed by atoms with Gasteiger partial charge in [-0.3, -0.25) is 4.98 Å². The monoisotopic (exact) mass is 216 g/mol. The minimum absolute atomic E-state index is 0.0158. The average molecular weight is 216 g/mol. The molecule has 3 nitrogen and oxygen atoms in total. The van der Waals surface area contributed by atoms with Gasteiger partial charge in [0.1, 0.15) is 6.10 Å². The molecule has 1 aromatic rings. The van der Waals surface area contributed by atoms with Crippen molar-refractivity contribution in [2.75, 3.05) is 0 Å². The lowest BCUT2D eigenvalue weighted by Crippen LogP contribution is -2.13. The Morgan fingerprint density at radius 1 is 1.19 bits per heavy atom. The molecule has 2 heterocycles. The Morgan fingerprint density at radius 2 is 1.94 bits per heavy atom. The van der Waals surface area contributed by atoms with Gasteiger partial charge in [-0.05, 0) is 45.4 Å². The van der Waals surface area contributed by atoms with Crippen molar-refractivity contribution in [2.45, 2.75) is 33.8 Å². The number of pyridine rings is 1. The van der Waals surface area contributed by atoms with Crippen LogP contribution in [0.3, 0.4) is 0 Å². The summed E-state index contributed by atoms with van der Waals surface area (Å²) in [6.07, 6.45) is 2.07. The van der Waals surface area contributed by atoms with Crippen LogP contribution in [0.15, 0.2) is 23.4 Å². The van der Waals surface area contributed by atoms with E-state index >= 15 is 0 Å². The molecule has 0 fully saturated rings. The Morgan fingerprint density at radius 3 is 2.62 bits per heavy atom. The molecular formula is C13H16N2O. The van der Waals surface area contributed by atoms with Crippen molar-refractivity contribution in [1.29, 1.82) is 0 Å². The summed E-state index contributed by atoms with van der Waals surface area (Å²) in [5.74, 6) is 0. The Hall–Kier alpha value is -1.64. The molecule has 1 aromatic heterocycles. The van der Waals surface area contributed by atoms with Crippen LogP contribution in [-0.2, 0) is 4.84 Å². The van der Waals surface area contributed by atoms with Crippen LogP contribution < -0.4 is 0 Å². The van der Waals surface area contributed by atoms with Crippen molar-refractivity contribution in [3.63, 3.8) is 0 Å². The molecule has 0 radical (unpaired) electrons. The van der Waals surface area contributed by atoms with Gasteiger partial charge in [-0.15, -0.1) is 0 Å². The topological polar surface area (TPSA) is 34.5 Å². The smallest absolute Gasteiger partial charge is 0.143 e. The van der Waals surface area contributed by atoms with Gasteiger partial charge in [0.25, 0.3) is 0 Å². The van der Waals surface area contributed by atoms with Gasteiger partial charge in [0.15, 0.2) is 0 Å². The number of hydrogen-bond acceptors (Lipinski definition) is 3. The summed E-state index contributed by atoms with van der Waals surface area (Å²) in [6, 6.07) is 4.12. The van der Waals surface area contributed by atoms with Crippen LogP contribution in [0.4, 0.5) is 0 Å². The highest BCUT2D eigenvalue weighted by Crippen LogP contribution is 2.21. The molecule has 1 atom stereocenters. The number of rotatable bonds is 1. The van der Waals surface area contributed by atoms with Gasteiger partial charge < -0.3 is 4.84 Å². The van der Waals surface area contributed by atoms with E-state index in [1.165, 1.54) is 5.56 Å². The molecular weight excluding hydrogens is 200 g/mol. The highest BCUT2D eigenvalue weighted by atomic mass is 16.6. The third kappa shape index (κ3) is 1.98. The number of nitrogens with zero attached hydrogens (tertiary/aromatic N) is 2. The zero-order valence-electron chi connectivity index (χ0n) is 10.1. The number of hydrogen-bond donors (Lipinski definition) is 0. The van der Waals surface area contributed by atoms with Crippen molar-refractivity contribution < 1.29 is 4.84 Å². The predicted octanol–water partition coefficient (Wildman–Crippen LogP) is 2.88. The maximum absolute atomic E-state index is 5.18. The van der Waals surface area contributed by atoms with Gasteiger partial charge in [0, 0.05) is 11.3 Å². The van der Waals surface area contributed by atoms with E-state index in [9.17, 15) is 0 Å². The predicted molar refractivity (Wildman–Crippen MR) is 65.3 cm³/mol. The number of allylic oxidation sites excluding steroid dienone is 1. The molecule has 0 saturated heterocycles. The van der Waals surface area contributed by atoms with Crippen LogP contribution in [0, 0.1) is 13.8 Å². The second kappa shape index (κ2) is 4.08. The fraction of sp³-hybridized carbons (Fsp3) is 0.385. The van der Waals surface area contributed by atoms with Crippen LogP contribution in [0.25, 0.3) is 5.57 Å². The van der Waals surface area contributed by atoms with Gasteiger partial charge in [-0.2, -0.15) is 0 Å². The number of aromatic nitrogens is 1. The first kappa shape index (κ1) is 10.9. The van der Waals surface area contributed by atoms with Crippen LogP contribution in [0.5, 0.6) is 0 Å². The third-order valence-electron chi connectivity index (χ3n) is 2.77. The quantitative estimate of drug-likeness (QED) is 0.723. The molecule has 0 spiro atoms. The van der Waals surface area contributed by atoms with E-state index in [4.69, 9.17) is 4.84 Å². The van der Waals surface area contributed by atoms with Crippen LogP contribution >= 0.6 is 0 Å². The summed E-state index contributed by atoms with van der Waals surface area (Å²) in [6.45, 7) is 7.99. The molecule has 3 heteroatoms. The molecule has 0 bridgehead atoms. The SMILES string of the molecule is CC1=NOC(C)C=C1c1ccc(C)c(C)n1. The van der Waals surface area contributed by atoms with Gasteiger partial charge >= 0.3 is 0 Å². The fourth-order valence-corrected chi connectivity index (χ4v) is 1.65. The molecule has 1 aliphatic rings. The molecule has 0 saturated carbocycles. The third-order valence-corrected chi connectivity index (χ3v) is 2.77. The first-order valence-electron chi connectivity index (χ1n) is 5.45. The maximum Gasteiger partial charge on any atom is 0.143 e. The maximum atomic E-state index is 5.18. The van der Waals surface area contributed by atoms with Crippen molar-refractivity contribution in [3.8, 4) is 0 Å². The van der Waals surface area contributed by atoms with E-state index in [2.05, 4.69) is 29.2 Å². The summed E-state index contributed by atoms with van der Waals surface area (Å²) < 4.78 is 0. The number of aryl methyl sites for hydroxylation is 2. The van der Waals surface area contributed by atoms with Crippen molar-refractivity contribution in [1.82, 2.24) is 4.98 Å². The minimum atomic E-state index is 0.0158. The molecule has 0 amide bonds. The highest BCUT2D eigenvalue weighted by Gasteiger charge is 2.15. The lowest BCUT2D eigenvalue weighted by molar-refractivity contribution is 0.103. The van der Waals surface area contributed by atoms with E-state index in [-0.39, 0.29) is 6.10 Å². The lowest BCUT2D eigenvalue weighted by atomic mass is 10.0. The number of oxime groups is 1. The van der Waals surface area contributed by atoms with E-state index in [1.807, 2.05) is 26.8 Å². The molecule has 1 aliphatic heterocycles. The van der Waals surface area contributed by atoms with E-state index in [0.717, 1.165) is 22.7 Å². The van der Waals surface area contributed by atoms with E-state index in [1.54, 1.807) is 0 Å². The summed E-state index contributed by atoms with van der Waals surface area (Å²) in [5, 5.41) is 4.03. The van der Waals surface area contributed by atoms with E-state index < -0.39 is 0 Å². The Bertz CT molecular complexity index is 475. The normalized spacial score (nSPS) is 19.9. The molecule has 84 valence electrons. The average Bonchev–Trinajstić information content (AvgIpc) is 2.26. The molecule has 16 heavy (non-hydrogen) atoms. The molecule has 0 aliphatic carbocycles. The summed E-state index contributed by atoms with van der Waals surface area (Å²) >= 11 is 0. The highest BCUT2D eigenvalue weighted by molar-refractivity contribution is 6.22. The van der Waals surface area contributed by atoms with Gasteiger partial charge in [-0.1, -0.05) is 11.2 Å². The first-order chi connectivity index (χ1) is 7.58. The van der Waals surface area contributed by atoms with Gasteiger partial charge in [0.2, 0.25) is 0 Å². The van der Waals surface area contributed by atoms with Crippen LogP contribution in [-0.4, -0.2) is 16.8 Å². The zero-order chi connectivity index (χ0) is 11.7. The molecule has 0 N–H and O–H groups in total. The standard InChI is InChI=1S/C13H16N2O/c1-8-5-6-13(14-10(8)3)12-7-9(2)16-15-11(12)4/h5-7,9H,1-4H3. The van der Waals surface area contributed by atoms with E-state index in [0.29, 0.717) is 0 Å². The minimum Gasteiger partial charge on any atom is -0.388 e. The summed E-state index contributed by atoms with van der Waals surface area (Å²) in [5.41, 5.74) is 5.19. The van der Waals surface area contributed by atoms with Gasteiger partial charge in [-0.25, -0.2) is 0 Å². The Labute approximate surface area is 95.8 Å². The van der Waals surface area contributed by atoms with Crippen molar-refractivity contribution >= 4 is 11.3 Å². The fourth-order valence-electron chi connectivity index (χ4n) is 1.65. The second-order valence-electron chi connectivity index (χ2n) is 4.17. The summed E-state index contributed by atoms with van der Waals surface area (Å²) in [7, 11) is 0. The molecule has 2 rings (SSSR count). The van der Waals surface area contributed by atoms with Gasteiger partial charge in [0.05, 0.1) is 11.4 Å². The van der Waals surface area contributed by atoms with Crippen molar-refractivity contribution in [2.24, 2.45) is 5.16 Å². The lowest BCUT2D eigenvalue weighted by Gasteiger charge is -2.16. The Balaban J connectivity index is 2.43. The molecule has 0 aromatic carbocycles. The van der Waals surface area contributed by atoms with Crippen LogP contribution in [0.1, 0.15) is 30.8 Å². The largest absolute Gasteiger partial charge is 0.388 e. The first-order valence-corrected chi connectivity index (χ1v) is 5.45. The Kier molecular flexibility index (Phi) is 2.77. The molecule has 1 unspecified atom stereocenters. The zero-order valence-corrected chi connectivity index (χ0v) is 10.1. The second-order valence-corrected chi connectivity index (χ2v) is 4.17. The van der Waals surface area contributed by atoms with Crippen LogP contribution in [0.2, 0.25) is 0 Å². The van der Waals surface area contributed by atoms with Crippen molar-refractivity contribution in [3.05, 3.63) is 35.2 Å².